The lowest BCUT2D eigenvalue weighted by Gasteiger charge is -2.16. The lowest BCUT2D eigenvalue weighted by atomic mass is 10.1. The molecule has 0 fully saturated rings. The predicted molar refractivity (Wildman–Crippen MR) is 102 cm³/mol. The Morgan fingerprint density at radius 3 is 2.38 bits per heavy atom. The fourth-order valence-corrected chi connectivity index (χ4v) is 2.75. The highest BCUT2D eigenvalue weighted by atomic mass is 16.5. The molecule has 5 nitrogen and oxygen atoms in total. The highest BCUT2D eigenvalue weighted by Gasteiger charge is 2.17. The molecular formula is C21H23N3O2. The maximum atomic E-state index is 12.7. The standard InChI is InChI=1S/C21H23N3O2/c1-14(2)26-18-11-9-16(10-12-18)15(3)23-21(25)19-13-22-24-20(19)17-7-5-4-6-8-17/h4-15H,1-3H3,(H,22,24)(H,23,25). The van der Waals surface area contributed by atoms with Crippen molar-refractivity contribution < 1.29 is 9.53 Å². The summed E-state index contributed by atoms with van der Waals surface area (Å²) in [6, 6.07) is 17.3. The Balaban J connectivity index is 1.71. The molecular weight excluding hydrogens is 326 g/mol. The summed E-state index contributed by atoms with van der Waals surface area (Å²) in [4.78, 5) is 12.7. The molecule has 1 unspecified atom stereocenters. The van der Waals surface area contributed by atoms with Crippen molar-refractivity contribution in [1.82, 2.24) is 15.5 Å². The number of aromatic amines is 1. The molecule has 0 bridgehead atoms. The molecule has 0 spiro atoms. The minimum absolute atomic E-state index is 0.130. The molecule has 0 aliphatic rings. The highest BCUT2D eigenvalue weighted by molar-refractivity contribution is 5.99. The number of H-pyrrole nitrogens is 1. The average molecular weight is 349 g/mol. The zero-order valence-electron chi connectivity index (χ0n) is 15.2. The van der Waals surface area contributed by atoms with Gasteiger partial charge >= 0.3 is 0 Å². The van der Waals surface area contributed by atoms with Gasteiger partial charge in [-0.1, -0.05) is 42.5 Å². The van der Waals surface area contributed by atoms with E-state index in [-0.39, 0.29) is 18.1 Å². The molecule has 3 aromatic rings. The summed E-state index contributed by atoms with van der Waals surface area (Å²) in [5.74, 6) is 0.663. The number of carbonyl (C=O) groups excluding carboxylic acids is 1. The van der Waals surface area contributed by atoms with E-state index in [1.165, 1.54) is 0 Å². The molecule has 0 aliphatic heterocycles. The van der Waals surface area contributed by atoms with Gasteiger partial charge in [-0.2, -0.15) is 5.10 Å². The van der Waals surface area contributed by atoms with Gasteiger partial charge in [0.15, 0.2) is 0 Å². The monoisotopic (exact) mass is 349 g/mol. The summed E-state index contributed by atoms with van der Waals surface area (Å²) >= 11 is 0. The molecule has 3 rings (SSSR count). The van der Waals surface area contributed by atoms with Gasteiger partial charge in [0.1, 0.15) is 5.75 Å². The molecule has 1 aromatic heterocycles. The van der Waals surface area contributed by atoms with Crippen molar-refractivity contribution in [3.8, 4) is 17.0 Å². The van der Waals surface area contributed by atoms with Crippen LogP contribution < -0.4 is 10.1 Å². The molecule has 134 valence electrons. The Bertz CT molecular complexity index is 854. The fraction of sp³-hybridized carbons (Fsp3) is 0.238. The van der Waals surface area contributed by atoms with Gasteiger partial charge in [-0.15, -0.1) is 0 Å². The van der Waals surface area contributed by atoms with Crippen molar-refractivity contribution in [2.24, 2.45) is 0 Å². The molecule has 0 saturated carbocycles. The van der Waals surface area contributed by atoms with Crippen molar-refractivity contribution in [3.05, 3.63) is 71.9 Å². The van der Waals surface area contributed by atoms with Crippen LogP contribution in [-0.4, -0.2) is 22.2 Å². The third-order valence-electron chi connectivity index (χ3n) is 4.05. The van der Waals surface area contributed by atoms with Crippen molar-refractivity contribution in [3.63, 3.8) is 0 Å². The van der Waals surface area contributed by atoms with Crippen LogP contribution in [0, 0.1) is 0 Å². The van der Waals surface area contributed by atoms with E-state index in [4.69, 9.17) is 4.74 Å². The predicted octanol–water partition coefficient (Wildman–Crippen LogP) is 4.35. The van der Waals surface area contributed by atoms with E-state index in [0.29, 0.717) is 5.56 Å². The largest absolute Gasteiger partial charge is 0.491 e. The Morgan fingerprint density at radius 2 is 1.73 bits per heavy atom. The number of benzene rings is 2. The average Bonchev–Trinajstić information content (AvgIpc) is 3.12. The molecule has 1 amide bonds. The van der Waals surface area contributed by atoms with Crippen LogP contribution in [0.25, 0.3) is 11.3 Å². The second-order valence-electron chi connectivity index (χ2n) is 6.46. The van der Waals surface area contributed by atoms with Gasteiger partial charge in [0.05, 0.1) is 29.6 Å². The number of nitrogens with zero attached hydrogens (tertiary/aromatic N) is 1. The number of ether oxygens (including phenoxy) is 1. The molecule has 26 heavy (non-hydrogen) atoms. The van der Waals surface area contributed by atoms with Gasteiger partial charge in [-0.25, -0.2) is 0 Å². The van der Waals surface area contributed by atoms with Gasteiger partial charge in [-0.3, -0.25) is 9.89 Å². The first-order chi connectivity index (χ1) is 12.5. The van der Waals surface area contributed by atoms with Crippen LogP contribution in [0.4, 0.5) is 0 Å². The number of carbonyl (C=O) groups is 1. The van der Waals surface area contributed by atoms with Crippen LogP contribution in [-0.2, 0) is 0 Å². The highest BCUT2D eigenvalue weighted by Crippen LogP contribution is 2.22. The second kappa shape index (κ2) is 7.87. The summed E-state index contributed by atoms with van der Waals surface area (Å²) < 4.78 is 5.65. The number of amides is 1. The molecule has 0 saturated heterocycles. The number of hydrogen-bond acceptors (Lipinski definition) is 3. The lowest BCUT2D eigenvalue weighted by Crippen LogP contribution is -2.26. The summed E-state index contributed by atoms with van der Waals surface area (Å²) in [6.07, 6.45) is 1.69. The van der Waals surface area contributed by atoms with Crippen molar-refractivity contribution >= 4 is 5.91 Å². The Kier molecular flexibility index (Phi) is 5.37. The minimum Gasteiger partial charge on any atom is -0.491 e. The molecule has 0 aliphatic carbocycles. The van der Waals surface area contributed by atoms with Crippen LogP contribution in [0.1, 0.15) is 42.7 Å². The van der Waals surface area contributed by atoms with Crippen molar-refractivity contribution in [2.45, 2.75) is 32.9 Å². The van der Waals surface area contributed by atoms with E-state index in [0.717, 1.165) is 22.6 Å². The molecule has 1 atom stereocenters. The normalized spacial score (nSPS) is 12.0. The van der Waals surface area contributed by atoms with E-state index < -0.39 is 0 Å². The maximum Gasteiger partial charge on any atom is 0.255 e. The maximum absolute atomic E-state index is 12.7. The quantitative estimate of drug-likeness (QED) is 0.695. The third-order valence-corrected chi connectivity index (χ3v) is 4.05. The minimum atomic E-state index is -0.160. The smallest absolute Gasteiger partial charge is 0.255 e. The lowest BCUT2D eigenvalue weighted by molar-refractivity contribution is 0.0940. The first-order valence-corrected chi connectivity index (χ1v) is 8.71. The SMILES string of the molecule is CC(C)Oc1ccc(C(C)NC(=O)c2cn[nH]c2-c2ccccc2)cc1. The topological polar surface area (TPSA) is 67.0 Å². The van der Waals surface area contributed by atoms with Gasteiger partial charge in [0, 0.05) is 5.56 Å². The molecule has 1 heterocycles. The van der Waals surface area contributed by atoms with Gasteiger partial charge < -0.3 is 10.1 Å². The Morgan fingerprint density at radius 1 is 1.04 bits per heavy atom. The van der Waals surface area contributed by atoms with E-state index in [2.05, 4.69) is 15.5 Å². The van der Waals surface area contributed by atoms with E-state index >= 15 is 0 Å². The van der Waals surface area contributed by atoms with Crippen molar-refractivity contribution in [1.29, 1.82) is 0 Å². The van der Waals surface area contributed by atoms with Crippen LogP contribution in [0.2, 0.25) is 0 Å². The number of hydrogen-bond donors (Lipinski definition) is 2. The van der Waals surface area contributed by atoms with Crippen molar-refractivity contribution in [2.75, 3.05) is 0 Å². The molecule has 0 radical (unpaired) electrons. The first-order valence-electron chi connectivity index (χ1n) is 8.71. The fourth-order valence-electron chi connectivity index (χ4n) is 2.75. The number of aromatic nitrogens is 2. The zero-order valence-corrected chi connectivity index (χ0v) is 15.2. The molecule has 5 heteroatoms. The molecule has 2 aromatic carbocycles. The summed E-state index contributed by atoms with van der Waals surface area (Å²) in [6.45, 7) is 5.94. The van der Waals surface area contributed by atoms with Gasteiger partial charge in [-0.05, 0) is 38.5 Å². The second-order valence-corrected chi connectivity index (χ2v) is 6.46. The van der Waals surface area contributed by atoms with Gasteiger partial charge in [0.25, 0.3) is 5.91 Å². The van der Waals surface area contributed by atoms with E-state index in [1.54, 1.807) is 6.20 Å². The van der Waals surface area contributed by atoms with E-state index in [1.807, 2.05) is 75.4 Å². The summed E-state index contributed by atoms with van der Waals surface area (Å²) in [5, 5.41) is 9.98. The number of rotatable bonds is 6. The zero-order chi connectivity index (χ0) is 18.5. The van der Waals surface area contributed by atoms with Crippen LogP contribution in [0.5, 0.6) is 5.75 Å². The van der Waals surface area contributed by atoms with Gasteiger partial charge in [0.2, 0.25) is 0 Å². The first kappa shape index (κ1) is 17.7. The Labute approximate surface area is 153 Å². The Hall–Kier alpha value is -3.08. The summed E-state index contributed by atoms with van der Waals surface area (Å²) in [5.41, 5.74) is 3.19. The van der Waals surface area contributed by atoms with Crippen LogP contribution >= 0.6 is 0 Å². The number of nitrogens with one attached hydrogen (secondary N) is 2. The summed E-state index contributed by atoms with van der Waals surface area (Å²) in [7, 11) is 0. The third kappa shape index (κ3) is 4.11. The van der Waals surface area contributed by atoms with E-state index in [9.17, 15) is 4.79 Å². The molecule has 2 N–H and O–H groups in total. The van der Waals surface area contributed by atoms with Crippen LogP contribution in [0.15, 0.2) is 60.8 Å². The van der Waals surface area contributed by atoms with Crippen LogP contribution in [0.3, 0.4) is 0 Å².